The van der Waals surface area contributed by atoms with Gasteiger partial charge in [0.1, 0.15) is 0 Å². The van der Waals surface area contributed by atoms with Crippen LogP contribution in [0.5, 0.6) is 0 Å². The Bertz CT molecular complexity index is 367. The molecular weight excluding hydrogens is 246 g/mol. The van der Waals surface area contributed by atoms with Crippen molar-refractivity contribution in [3.05, 3.63) is 35.9 Å². The predicted octanol–water partition coefficient (Wildman–Crippen LogP) is 2.37. The largest absolute Gasteiger partial charge is 0.388 e. The van der Waals surface area contributed by atoms with Gasteiger partial charge >= 0.3 is 0 Å². The lowest BCUT2D eigenvalue weighted by Crippen LogP contribution is -2.36. The van der Waals surface area contributed by atoms with Crippen molar-refractivity contribution in [3.8, 4) is 0 Å². The van der Waals surface area contributed by atoms with E-state index in [1.54, 1.807) is 0 Å². The van der Waals surface area contributed by atoms with E-state index in [4.69, 9.17) is 0 Å². The van der Waals surface area contributed by atoms with Crippen molar-refractivity contribution < 1.29 is 9.90 Å². The number of nitrogens with one attached hydrogen (secondary N) is 1. The lowest BCUT2D eigenvalue weighted by atomic mass is 10.1. The van der Waals surface area contributed by atoms with E-state index in [-0.39, 0.29) is 17.2 Å². The third-order valence-corrected chi connectivity index (χ3v) is 3.71. The fourth-order valence-electron chi connectivity index (χ4n) is 1.48. The zero-order chi connectivity index (χ0) is 13.5. The van der Waals surface area contributed by atoms with Crippen LogP contribution in [0, 0.1) is 0 Å². The highest BCUT2D eigenvalue weighted by molar-refractivity contribution is 8.00. The highest BCUT2D eigenvalue weighted by atomic mass is 32.2. The number of thioether (sulfide) groups is 1. The van der Waals surface area contributed by atoms with Crippen molar-refractivity contribution in [1.82, 2.24) is 5.32 Å². The van der Waals surface area contributed by atoms with Crippen LogP contribution < -0.4 is 5.32 Å². The van der Waals surface area contributed by atoms with Gasteiger partial charge in [0.25, 0.3) is 0 Å². The first-order chi connectivity index (χ1) is 8.50. The van der Waals surface area contributed by atoms with Gasteiger partial charge in [0.2, 0.25) is 5.91 Å². The van der Waals surface area contributed by atoms with E-state index in [1.807, 2.05) is 51.1 Å². The number of aliphatic hydroxyl groups excluding tert-OH is 1. The number of amides is 1. The second-order valence-electron chi connectivity index (χ2n) is 4.57. The van der Waals surface area contributed by atoms with Crippen molar-refractivity contribution >= 4 is 17.7 Å². The lowest BCUT2D eigenvalue weighted by molar-refractivity contribution is -0.120. The molecule has 3 nitrogen and oxygen atoms in total. The molecule has 0 radical (unpaired) electrons. The summed E-state index contributed by atoms with van der Waals surface area (Å²) in [5.41, 5.74) is 0.890. The number of rotatable bonds is 6. The summed E-state index contributed by atoms with van der Waals surface area (Å²) >= 11 is 1.47. The summed E-state index contributed by atoms with van der Waals surface area (Å²) in [5, 5.41) is 12.7. The number of hydrogen-bond acceptors (Lipinski definition) is 3. The highest BCUT2D eigenvalue weighted by Gasteiger charge is 2.16. The van der Waals surface area contributed by atoms with E-state index in [9.17, 15) is 9.90 Å². The molecule has 0 spiro atoms. The molecule has 0 unspecified atom stereocenters. The summed E-state index contributed by atoms with van der Waals surface area (Å²) in [4.78, 5) is 11.7. The molecule has 100 valence electrons. The monoisotopic (exact) mass is 267 g/mol. The van der Waals surface area contributed by atoms with E-state index in [0.29, 0.717) is 5.75 Å². The molecule has 2 atom stereocenters. The summed E-state index contributed by atoms with van der Waals surface area (Å²) in [6.07, 6.45) is -0.523. The molecule has 2 N–H and O–H groups in total. The van der Waals surface area contributed by atoms with Crippen LogP contribution in [-0.4, -0.2) is 28.1 Å². The van der Waals surface area contributed by atoms with Crippen molar-refractivity contribution in [2.45, 2.75) is 38.2 Å². The van der Waals surface area contributed by atoms with Crippen LogP contribution in [0.25, 0.3) is 0 Å². The summed E-state index contributed by atoms with van der Waals surface area (Å²) in [6, 6.07) is 9.66. The number of carbonyl (C=O) groups is 1. The maximum absolute atomic E-state index is 11.7. The molecule has 0 fully saturated rings. The number of hydrogen-bond donors (Lipinski definition) is 2. The minimum absolute atomic E-state index is 0.0234. The molecule has 4 heteroatoms. The van der Waals surface area contributed by atoms with E-state index in [0.717, 1.165) is 5.56 Å². The van der Waals surface area contributed by atoms with Crippen LogP contribution >= 0.6 is 11.8 Å². The molecule has 1 amide bonds. The minimum atomic E-state index is -0.523. The van der Waals surface area contributed by atoms with Crippen LogP contribution in [0.1, 0.15) is 32.4 Å². The molecule has 0 saturated heterocycles. The van der Waals surface area contributed by atoms with Gasteiger partial charge in [0.05, 0.1) is 11.4 Å². The van der Waals surface area contributed by atoms with Crippen LogP contribution in [0.3, 0.4) is 0 Å². The van der Waals surface area contributed by atoms with Gasteiger partial charge in [-0.25, -0.2) is 0 Å². The summed E-state index contributed by atoms with van der Waals surface area (Å²) in [5.74, 6) is 0.548. The van der Waals surface area contributed by atoms with Gasteiger partial charge in [-0.3, -0.25) is 4.79 Å². The summed E-state index contributed by atoms with van der Waals surface area (Å²) in [7, 11) is 0. The Kier molecular flexibility index (Phi) is 6.22. The third kappa shape index (κ3) is 5.10. The van der Waals surface area contributed by atoms with Gasteiger partial charge in [-0.2, -0.15) is 0 Å². The zero-order valence-electron chi connectivity index (χ0n) is 11.1. The van der Waals surface area contributed by atoms with Crippen LogP contribution in [0.4, 0.5) is 0 Å². The quantitative estimate of drug-likeness (QED) is 0.832. The van der Waals surface area contributed by atoms with Gasteiger partial charge < -0.3 is 10.4 Å². The lowest BCUT2D eigenvalue weighted by Gasteiger charge is -2.16. The first-order valence-corrected chi connectivity index (χ1v) is 7.20. The Morgan fingerprint density at radius 3 is 2.44 bits per heavy atom. The summed E-state index contributed by atoms with van der Waals surface area (Å²) < 4.78 is 0. The number of aliphatic hydroxyl groups is 1. The first kappa shape index (κ1) is 15.1. The number of carbonyl (C=O) groups excluding carboxylic acids is 1. The molecule has 0 heterocycles. The maximum Gasteiger partial charge on any atom is 0.233 e. The second-order valence-corrected chi connectivity index (χ2v) is 5.94. The highest BCUT2D eigenvalue weighted by Crippen LogP contribution is 2.21. The molecule has 18 heavy (non-hydrogen) atoms. The Labute approximate surface area is 113 Å². The molecule has 1 aromatic carbocycles. The van der Waals surface area contributed by atoms with Gasteiger partial charge in [-0.1, -0.05) is 30.3 Å². The van der Waals surface area contributed by atoms with Crippen molar-refractivity contribution in [1.29, 1.82) is 0 Å². The standard InChI is InChI=1S/C14H21NO2S/c1-10(2)15-14(17)11(3)18-9-13(16)12-7-5-4-6-8-12/h4-8,10-11,13,16H,9H2,1-3H3,(H,15,17)/t11-,13-/m1/s1. The van der Waals surface area contributed by atoms with Gasteiger partial charge in [-0.15, -0.1) is 11.8 Å². The van der Waals surface area contributed by atoms with E-state index in [1.165, 1.54) is 11.8 Å². The van der Waals surface area contributed by atoms with Crippen LogP contribution in [0.15, 0.2) is 30.3 Å². The van der Waals surface area contributed by atoms with Gasteiger partial charge in [0, 0.05) is 11.8 Å². The van der Waals surface area contributed by atoms with Gasteiger partial charge in [0.15, 0.2) is 0 Å². The molecule has 1 rings (SSSR count). The molecule has 0 saturated carbocycles. The molecule has 0 aromatic heterocycles. The van der Waals surface area contributed by atoms with E-state index in [2.05, 4.69) is 5.32 Å². The summed E-state index contributed by atoms with van der Waals surface area (Å²) in [6.45, 7) is 5.74. The molecule has 0 bridgehead atoms. The zero-order valence-corrected chi connectivity index (χ0v) is 11.9. The average Bonchev–Trinajstić information content (AvgIpc) is 2.35. The van der Waals surface area contributed by atoms with Crippen molar-refractivity contribution in [3.63, 3.8) is 0 Å². The van der Waals surface area contributed by atoms with Crippen molar-refractivity contribution in [2.75, 3.05) is 5.75 Å². The first-order valence-electron chi connectivity index (χ1n) is 6.15. The Morgan fingerprint density at radius 1 is 1.28 bits per heavy atom. The van der Waals surface area contributed by atoms with Gasteiger partial charge in [-0.05, 0) is 26.3 Å². The van der Waals surface area contributed by atoms with E-state index < -0.39 is 6.10 Å². The molecular formula is C14H21NO2S. The smallest absolute Gasteiger partial charge is 0.233 e. The molecule has 1 aromatic rings. The van der Waals surface area contributed by atoms with Crippen LogP contribution in [-0.2, 0) is 4.79 Å². The van der Waals surface area contributed by atoms with Crippen LogP contribution in [0.2, 0.25) is 0 Å². The third-order valence-electron chi connectivity index (χ3n) is 2.49. The molecule has 0 aliphatic carbocycles. The molecule has 0 aliphatic rings. The van der Waals surface area contributed by atoms with Crippen molar-refractivity contribution in [2.24, 2.45) is 0 Å². The predicted molar refractivity (Wildman–Crippen MR) is 76.6 cm³/mol. The fraction of sp³-hybridized carbons (Fsp3) is 0.500. The minimum Gasteiger partial charge on any atom is -0.388 e. The average molecular weight is 267 g/mol. The Hall–Kier alpha value is -1.00. The fourth-order valence-corrected chi connectivity index (χ4v) is 2.37. The topological polar surface area (TPSA) is 49.3 Å². The second kappa shape index (κ2) is 7.44. The maximum atomic E-state index is 11.7. The number of benzene rings is 1. The SMILES string of the molecule is CC(C)NC(=O)[C@@H](C)SC[C@@H](O)c1ccccc1. The molecule has 0 aliphatic heterocycles. The Balaban J connectivity index is 2.38. The normalized spacial score (nSPS) is 14.3. The van der Waals surface area contributed by atoms with E-state index >= 15 is 0 Å². The Morgan fingerprint density at radius 2 is 1.89 bits per heavy atom.